The highest BCUT2D eigenvalue weighted by Gasteiger charge is 2.13. The van der Waals surface area contributed by atoms with Crippen molar-refractivity contribution in [3.05, 3.63) is 96.8 Å². The van der Waals surface area contributed by atoms with Gasteiger partial charge >= 0.3 is 5.97 Å². The second kappa shape index (κ2) is 7.68. The van der Waals surface area contributed by atoms with Gasteiger partial charge in [0.15, 0.2) is 0 Å². The maximum atomic E-state index is 11.7. The van der Waals surface area contributed by atoms with Gasteiger partial charge in [0.25, 0.3) is 0 Å². The van der Waals surface area contributed by atoms with E-state index < -0.39 is 5.97 Å². The van der Waals surface area contributed by atoms with Crippen LogP contribution < -0.4 is 0 Å². The van der Waals surface area contributed by atoms with Crippen LogP contribution >= 0.6 is 0 Å². The molecule has 5 aromatic rings. The number of rotatable bonds is 5. The first-order valence-electron chi connectivity index (χ1n) is 9.52. The second-order valence-corrected chi connectivity index (χ2v) is 6.87. The van der Waals surface area contributed by atoms with E-state index >= 15 is 0 Å². The lowest BCUT2D eigenvalue weighted by atomic mass is 10.1. The summed E-state index contributed by atoms with van der Waals surface area (Å²) in [5, 5.41) is 26.4. The van der Waals surface area contributed by atoms with Crippen LogP contribution in [0.3, 0.4) is 0 Å². The van der Waals surface area contributed by atoms with Crippen molar-refractivity contribution in [1.82, 2.24) is 30.0 Å². The van der Waals surface area contributed by atoms with Gasteiger partial charge in [0.05, 0.1) is 29.3 Å². The monoisotopic (exact) mass is 408 g/mol. The van der Waals surface area contributed by atoms with Crippen LogP contribution in [0.15, 0.2) is 91.3 Å². The highest BCUT2D eigenvalue weighted by molar-refractivity contribution is 5.89. The van der Waals surface area contributed by atoms with Crippen LogP contribution in [0.4, 0.5) is 0 Å². The summed E-state index contributed by atoms with van der Waals surface area (Å²) >= 11 is 0. The highest BCUT2D eigenvalue weighted by atomic mass is 16.4. The number of benzene rings is 3. The molecule has 3 aromatic carbocycles. The molecular formula is C23H16N6O2. The van der Waals surface area contributed by atoms with Gasteiger partial charge in [-0.1, -0.05) is 71.1 Å². The molecule has 8 nitrogen and oxygen atoms in total. The third kappa shape index (κ3) is 3.69. The van der Waals surface area contributed by atoms with Crippen LogP contribution in [0.5, 0.6) is 0 Å². The summed E-state index contributed by atoms with van der Waals surface area (Å²) in [6, 6.07) is 24.2. The lowest BCUT2D eigenvalue weighted by molar-refractivity contribution is 0.0697. The van der Waals surface area contributed by atoms with E-state index in [4.69, 9.17) is 0 Å². The maximum absolute atomic E-state index is 11.7. The first-order chi connectivity index (χ1) is 15.2. The summed E-state index contributed by atoms with van der Waals surface area (Å²) in [5.74, 6) is -1.05. The summed E-state index contributed by atoms with van der Waals surface area (Å²) in [6.45, 7) is 0. The quantitative estimate of drug-likeness (QED) is 0.474. The second-order valence-electron chi connectivity index (χ2n) is 6.87. The fourth-order valence-electron chi connectivity index (χ4n) is 3.25. The Morgan fingerprint density at radius 3 is 1.55 bits per heavy atom. The molecule has 0 unspecified atom stereocenters. The molecule has 8 heteroatoms. The zero-order valence-electron chi connectivity index (χ0n) is 16.2. The fourth-order valence-corrected chi connectivity index (χ4v) is 3.25. The highest BCUT2D eigenvalue weighted by Crippen LogP contribution is 2.22. The number of aromatic nitrogens is 6. The van der Waals surface area contributed by atoms with Gasteiger partial charge in [-0.3, -0.25) is 0 Å². The molecule has 5 rings (SSSR count). The van der Waals surface area contributed by atoms with E-state index in [-0.39, 0.29) is 5.56 Å². The van der Waals surface area contributed by atoms with Crippen molar-refractivity contribution in [1.29, 1.82) is 0 Å². The lowest BCUT2D eigenvalue weighted by Gasteiger charge is -2.07. The molecule has 0 saturated heterocycles. The molecule has 0 aliphatic heterocycles. The molecule has 0 atom stereocenters. The lowest BCUT2D eigenvalue weighted by Crippen LogP contribution is -2.05. The zero-order valence-corrected chi connectivity index (χ0v) is 16.2. The van der Waals surface area contributed by atoms with E-state index in [1.807, 2.05) is 60.7 Å². The fraction of sp³-hybridized carbons (Fsp3) is 0. The van der Waals surface area contributed by atoms with Crippen LogP contribution in [0.25, 0.3) is 33.9 Å². The molecule has 0 aliphatic rings. The Bertz CT molecular complexity index is 1260. The molecule has 0 spiro atoms. The number of carbonyl (C=O) groups is 1. The normalized spacial score (nSPS) is 10.8. The van der Waals surface area contributed by atoms with E-state index in [0.717, 1.165) is 11.1 Å². The van der Waals surface area contributed by atoms with E-state index in [0.29, 0.717) is 22.8 Å². The van der Waals surface area contributed by atoms with Crippen LogP contribution in [0, 0.1) is 0 Å². The third-order valence-electron chi connectivity index (χ3n) is 4.80. The van der Waals surface area contributed by atoms with E-state index in [2.05, 4.69) is 20.6 Å². The SMILES string of the molecule is O=C(O)c1cc(-n2cc(-c3ccccc3)nn2)cc(-n2cc(-c3ccccc3)nn2)c1. The molecule has 150 valence electrons. The minimum absolute atomic E-state index is 0.112. The summed E-state index contributed by atoms with van der Waals surface area (Å²) in [7, 11) is 0. The van der Waals surface area contributed by atoms with Gasteiger partial charge in [-0.2, -0.15) is 0 Å². The molecule has 0 radical (unpaired) electrons. The van der Waals surface area contributed by atoms with Crippen molar-refractivity contribution in [2.24, 2.45) is 0 Å². The minimum atomic E-state index is -1.05. The van der Waals surface area contributed by atoms with Crippen molar-refractivity contribution in [2.45, 2.75) is 0 Å². The number of aromatic carboxylic acids is 1. The third-order valence-corrected chi connectivity index (χ3v) is 4.80. The molecule has 0 bridgehead atoms. The summed E-state index contributed by atoms with van der Waals surface area (Å²) in [6.07, 6.45) is 3.52. The first-order valence-corrected chi connectivity index (χ1v) is 9.52. The Hall–Kier alpha value is -4.59. The maximum Gasteiger partial charge on any atom is 0.335 e. The molecule has 0 saturated carbocycles. The zero-order chi connectivity index (χ0) is 21.2. The number of carboxylic acid groups (broad SMARTS) is 1. The van der Waals surface area contributed by atoms with Crippen molar-refractivity contribution in [2.75, 3.05) is 0 Å². The average Bonchev–Trinajstić information content (AvgIpc) is 3.50. The average molecular weight is 408 g/mol. The van der Waals surface area contributed by atoms with Gasteiger partial charge in [0.2, 0.25) is 0 Å². The van der Waals surface area contributed by atoms with E-state index in [9.17, 15) is 9.90 Å². The predicted molar refractivity (Wildman–Crippen MR) is 114 cm³/mol. The first kappa shape index (κ1) is 18.4. The standard InChI is InChI=1S/C23H16N6O2/c30-23(31)18-11-19(28-14-21(24-26-28)16-7-3-1-4-8-16)13-20(12-18)29-15-22(25-27-29)17-9-5-2-6-10-17/h1-15H,(H,30,31). The Kier molecular flexibility index (Phi) is 4.57. The minimum Gasteiger partial charge on any atom is -0.478 e. The number of hydrogen-bond acceptors (Lipinski definition) is 5. The number of hydrogen-bond donors (Lipinski definition) is 1. The van der Waals surface area contributed by atoms with Gasteiger partial charge < -0.3 is 5.11 Å². The molecule has 0 fully saturated rings. The predicted octanol–water partition coefficient (Wildman–Crippen LogP) is 3.88. The molecule has 0 aliphatic carbocycles. The van der Waals surface area contributed by atoms with Gasteiger partial charge in [-0.05, 0) is 18.2 Å². The molecule has 2 heterocycles. The van der Waals surface area contributed by atoms with Crippen molar-refractivity contribution < 1.29 is 9.90 Å². The van der Waals surface area contributed by atoms with Gasteiger partial charge in [0, 0.05) is 11.1 Å². The Morgan fingerprint density at radius 2 is 1.13 bits per heavy atom. The largest absolute Gasteiger partial charge is 0.478 e. The van der Waals surface area contributed by atoms with E-state index in [1.165, 1.54) is 0 Å². The molecule has 2 aromatic heterocycles. The smallest absolute Gasteiger partial charge is 0.335 e. The van der Waals surface area contributed by atoms with Gasteiger partial charge in [-0.25, -0.2) is 14.2 Å². The van der Waals surface area contributed by atoms with Crippen molar-refractivity contribution in [3.8, 4) is 33.9 Å². The van der Waals surface area contributed by atoms with Crippen molar-refractivity contribution >= 4 is 5.97 Å². The van der Waals surface area contributed by atoms with Crippen LogP contribution in [0.2, 0.25) is 0 Å². The van der Waals surface area contributed by atoms with E-state index in [1.54, 1.807) is 40.0 Å². The van der Waals surface area contributed by atoms with Crippen LogP contribution in [-0.2, 0) is 0 Å². The Balaban J connectivity index is 1.56. The van der Waals surface area contributed by atoms with Gasteiger partial charge in [-0.15, -0.1) is 10.2 Å². The summed E-state index contributed by atoms with van der Waals surface area (Å²) in [4.78, 5) is 11.7. The Morgan fingerprint density at radius 1 is 0.677 bits per heavy atom. The topological polar surface area (TPSA) is 98.7 Å². The molecule has 0 amide bonds. The molecular weight excluding hydrogens is 392 g/mol. The summed E-state index contributed by atoms with van der Waals surface area (Å²) in [5.41, 5.74) is 4.45. The number of nitrogens with zero attached hydrogens (tertiary/aromatic N) is 6. The van der Waals surface area contributed by atoms with Crippen LogP contribution in [-0.4, -0.2) is 41.1 Å². The summed E-state index contributed by atoms with van der Waals surface area (Å²) < 4.78 is 3.10. The van der Waals surface area contributed by atoms with Gasteiger partial charge in [0.1, 0.15) is 11.4 Å². The van der Waals surface area contributed by atoms with Crippen LogP contribution in [0.1, 0.15) is 10.4 Å². The van der Waals surface area contributed by atoms with Crippen molar-refractivity contribution in [3.63, 3.8) is 0 Å². The molecule has 31 heavy (non-hydrogen) atoms. The number of carboxylic acids is 1. The Labute approximate surface area is 177 Å². The molecule has 1 N–H and O–H groups in total.